The van der Waals surface area contributed by atoms with Crippen molar-refractivity contribution in [3.8, 4) is 0 Å². The van der Waals surface area contributed by atoms with E-state index in [2.05, 4.69) is 24.4 Å². The highest BCUT2D eigenvalue weighted by molar-refractivity contribution is 7.46. The summed E-state index contributed by atoms with van der Waals surface area (Å²) in [6, 6.07) is 0. The molecular weight excluding hydrogens is 691 g/mol. The number of rotatable bonds is 39. The number of phosphoric acid groups is 1. The third-order valence-corrected chi connectivity index (χ3v) is 9.74. The van der Waals surface area contributed by atoms with Crippen LogP contribution < -0.4 is 0 Å². The summed E-state index contributed by atoms with van der Waals surface area (Å²) in [6.45, 7) is 3.47. The number of esters is 2. The average molecular weight is 771 g/mol. The number of ether oxygens (including phenoxy) is 2. The molecule has 0 aliphatic rings. The second-order valence-corrected chi connectivity index (χ2v) is 15.7. The van der Waals surface area contributed by atoms with Crippen LogP contribution in [0.4, 0.5) is 0 Å². The number of allylic oxidation sites excluding steroid dienone is 4. The van der Waals surface area contributed by atoms with Gasteiger partial charge in [-0.05, 0) is 38.5 Å². The molecule has 310 valence electrons. The molecule has 0 rings (SSSR count). The average Bonchev–Trinajstić information content (AvgIpc) is 3.12. The number of aliphatic hydroxyl groups is 1. The number of unbranched alkanes of at least 4 members (excludes halogenated alkanes) is 23. The Bertz CT molecular complexity index is 975. The second kappa shape index (κ2) is 38.5. The lowest BCUT2D eigenvalue weighted by atomic mass is 10.0. The van der Waals surface area contributed by atoms with Gasteiger partial charge in [-0.25, -0.2) is 4.57 Å². The Hall–Kier alpha value is -1.77. The SMILES string of the molecule is CC/C=C/CC(O)/C=C/C=C/CCCCCCCC(=O)OC[C@H](COP(=O)(O)O)OC(=O)CCCCCCCCCCCCCCCCCCCCC. The molecule has 0 saturated heterocycles. The van der Waals surface area contributed by atoms with E-state index in [-0.39, 0.29) is 19.4 Å². The third kappa shape index (κ3) is 41.2. The first kappa shape index (κ1) is 51.2. The van der Waals surface area contributed by atoms with Gasteiger partial charge in [-0.3, -0.25) is 14.1 Å². The number of hydrogen-bond acceptors (Lipinski definition) is 7. The van der Waals surface area contributed by atoms with E-state index < -0.39 is 38.6 Å². The fraction of sp³-hybridized carbons (Fsp3) is 0.814. The van der Waals surface area contributed by atoms with Gasteiger partial charge >= 0.3 is 19.8 Å². The van der Waals surface area contributed by atoms with Gasteiger partial charge in [0.1, 0.15) is 6.61 Å². The van der Waals surface area contributed by atoms with Crippen molar-refractivity contribution in [1.29, 1.82) is 0 Å². The molecular formula is C43H79O9P. The lowest BCUT2D eigenvalue weighted by Crippen LogP contribution is -2.29. The largest absolute Gasteiger partial charge is 0.469 e. The van der Waals surface area contributed by atoms with Crippen molar-refractivity contribution in [2.45, 2.75) is 212 Å². The molecule has 0 aliphatic heterocycles. The van der Waals surface area contributed by atoms with Gasteiger partial charge in [0.25, 0.3) is 0 Å². The first-order valence-electron chi connectivity index (χ1n) is 21.4. The highest BCUT2D eigenvalue weighted by atomic mass is 31.2. The van der Waals surface area contributed by atoms with E-state index >= 15 is 0 Å². The van der Waals surface area contributed by atoms with Gasteiger partial charge in [0.05, 0.1) is 12.7 Å². The van der Waals surface area contributed by atoms with E-state index in [0.717, 1.165) is 57.8 Å². The molecule has 0 heterocycles. The molecule has 0 aliphatic carbocycles. The highest BCUT2D eigenvalue weighted by Crippen LogP contribution is 2.36. The molecule has 0 spiro atoms. The van der Waals surface area contributed by atoms with Gasteiger partial charge in [0.2, 0.25) is 0 Å². The maximum atomic E-state index is 12.4. The smallest absolute Gasteiger partial charge is 0.462 e. The lowest BCUT2D eigenvalue weighted by Gasteiger charge is -2.18. The van der Waals surface area contributed by atoms with Crippen molar-refractivity contribution in [3.05, 3.63) is 36.5 Å². The van der Waals surface area contributed by atoms with Crippen LogP contribution in [-0.4, -0.2) is 52.3 Å². The van der Waals surface area contributed by atoms with Crippen LogP contribution in [0.3, 0.4) is 0 Å². The third-order valence-electron chi connectivity index (χ3n) is 9.25. The summed E-state index contributed by atoms with van der Waals surface area (Å²) < 4.78 is 26.4. The minimum atomic E-state index is -4.77. The van der Waals surface area contributed by atoms with Gasteiger partial charge < -0.3 is 24.4 Å². The first-order valence-corrected chi connectivity index (χ1v) is 22.9. The van der Waals surface area contributed by atoms with E-state index in [1.54, 1.807) is 6.08 Å². The van der Waals surface area contributed by atoms with Crippen molar-refractivity contribution >= 4 is 19.8 Å². The highest BCUT2D eigenvalue weighted by Gasteiger charge is 2.22. The molecule has 0 aromatic heterocycles. The molecule has 9 nitrogen and oxygen atoms in total. The van der Waals surface area contributed by atoms with Crippen LogP contribution in [0.15, 0.2) is 36.5 Å². The van der Waals surface area contributed by atoms with Crippen LogP contribution in [-0.2, 0) is 28.2 Å². The van der Waals surface area contributed by atoms with E-state index in [0.29, 0.717) is 19.3 Å². The van der Waals surface area contributed by atoms with Gasteiger partial charge in [-0.2, -0.15) is 0 Å². The van der Waals surface area contributed by atoms with Crippen LogP contribution in [0.2, 0.25) is 0 Å². The summed E-state index contributed by atoms with van der Waals surface area (Å²) in [6.07, 6.45) is 42.0. The van der Waals surface area contributed by atoms with Crippen LogP contribution >= 0.6 is 7.82 Å². The molecule has 0 amide bonds. The normalized spacial score (nSPS) is 13.4. The number of carbonyl (C=O) groups excluding carboxylic acids is 2. The Labute approximate surface area is 324 Å². The minimum absolute atomic E-state index is 0.200. The summed E-state index contributed by atoms with van der Waals surface area (Å²) in [7, 11) is -4.77. The molecule has 0 radical (unpaired) electrons. The zero-order valence-electron chi connectivity index (χ0n) is 33.8. The Morgan fingerprint density at radius 1 is 0.585 bits per heavy atom. The monoisotopic (exact) mass is 771 g/mol. The van der Waals surface area contributed by atoms with Gasteiger partial charge in [0, 0.05) is 12.8 Å². The topological polar surface area (TPSA) is 140 Å². The maximum absolute atomic E-state index is 12.4. The Balaban J connectivity index is 3.93. The fourth-order valence-corrected chi connectivity index (χ4v) is 6.42. The molecule has 2 atom stereocenters. The van der Waals surface area contributed by atoms with Crippen molar-refractivity contribution in [2.24, 2.45) is 0 Å². The summed E-state index contributed by atoms with van der Waals surface area (Å²) in [5.41, 5.74) is 0. The van der Waals surface area contributed by atoms with Crippen molar-refractivity contribution in [2.75, 3.05) is 13.2 Å². The number of aliphatic hydroxyl groups excluding tert-OH is 1. The van der Waals surface area contributed by atoms with Crippen molar-refractivity contribution < 1.29 is 43.0 Å². The Morgan fingerprint density at radius 3 is 1.55 bits per heavy atom. The zero-order valence-corrected chi connectivity index (χ0v) is 34.7. The molecule has 0 saturated carbocycles. The van der Waals surface area contributed by atoms with Crippen LogP contribution in [0.1, 0.15) is 200 Å². The Morgan fingerprint density at radius 2 is 1.06 bits per heavy atom. The molecule has 10 heteroatoms. The maximum Gasteiger partial charge on any atom is 0.469 e. The number of carbonyl (C=O) groups is 2. The van der Waals surface area contributed by atoms with Crippen molar-refractivity contribution in [1.82, 2.24) is 0 Å². The lowest BCUT2D eigenvalue weighted by molar-refractivity contribution is -0.161. The number of phosphoric ester groups is 1. The molecule has 0 fully saturated rings. The van der Waals surface area contributed by atoms with Gasteiger partial charge in [-0.1, -0.05) is 185 Å². The predicted molar refractivity (Wildman–Crippen MR) is 218 cm³/mol. The van der Waals surface area contributed by atoms with Gasteiger partial charge in [0.15, 0.2) is 6.10 Å². The Kier molecular flexibility index (Phi) is 37.2. The minimum Gasteiger partial charge on any atom is -0.462 e. The van der Waals surface area contributed by atoms with Crippen LogP contribution in [0.5, 0.6) is 0 Å². The summed E-state index contributed by atoms with van der Waals surface area (Å²) in [5, 5.41) is 9.84. The second-order valence-electron chi connectivity index (χ2n) is 14.5. The summed E-state index contributed by atoms with van der Waals surface area (Å²) >= 11 is 0. The van der Waals surface area contributed by atoms with Crippen molar-refractivity contribution in [3.63, 3.8) is 0 Å². The molecule has 1 unspecified atom stereocenters. The van der Waals surface area contributed by atoms with E-state index in [1.807, 2.05) is 24.3 Å². The quantitative estimate of drug-likeness (QED) is 0.0183. The fourth-order valence-electron chi connectivity index (χ4n) is 6.06. The van der Waals surface area contributed by atoms with Crippen LogP contribution in [0, 0.1) is 0 Å². The summed E-state index contributed by atoms with van der Waals surface area (Å²) in [4.78, 5) is 42.9. The standard InChI is InChI=1S/C43H79O9P/c1-3-5-7-8-9-10-11-12-13-14-15-16-17-18-19-22-26-29-33-37-43(46)52-41(39-51-53(47,48)49)38-50-42(45)36-32-28-25-23-20-21-24-27-31-35-40(44)34-30-6-4-2/h6,24,27,30-31,35,40-41,44H,3-5,7-23,25-26,28-29,32-34,36-39H2,1-2H3,(H2,47,48,49)/b27-24+,30-6+,35-31+/t40?,41-/m1/s1. The predicted octanol–water partition coefficient (Wildman–Crippen LogP) is 11.9. The molecule has 3 N–H and O–H groups in total. The summed E-state index contributed by atoms with van der Waals surface area (Å²) in [5.74, 6) is -0.932. The molecule has 0 aromatic rings. The van der Waals surface area contributed by atoms with E-state index in [9.17, 15) is 19.3 Å². The molecule has 0 aromatic carbocycles. The first-order chi connectivity index (χ1) is 25.7. The van der Waals surface area contributed by atoms with E-state index in [1.165, 1.54) is 96.3 Å². The van der Waals surface area contributed by atoms with E-state index in [4.69, 9.17) is 19.3 Å². The number of hydrogen-bond donors (Lipinski definition) is 3. The zero-order chi connectivity index (χ0) is 39.1. The van der Waals surface area contributed by atoms with Crippen LogP contribution in [0.25, 0.3) is 0 Å². The molecule has 0 bridgehead atoms. The van der Waals surface area contributed by atoms with Gasteiger partial charge in [-0.15, -0.1) is 0 Å². The molecule has 53 heavy (non-hydrogen) atoms.